The van der Waals surface area contributed by atoms with Gasteiger partial charge in [-0.2, -0.15) is 0 Å². The van der Waals surface area contributed by atoms with Crippen molar-refractivity contribution in [3.63, 3.8) is 0 Å². The van der Waals surface area contributed by atoms with Crippen LogP contribution in [0.4, 0.5) is 5.69 Å². The Morgan fingerprint density at radius 3 is 2.82 bits per heavy atom. The van der Waals surface area contributed by atoms with Gasteiger partial charge in [0, 0.05) is 6.54 Å². The molecule has 0 unspecified atom stereocenters. The third kappa shape index (κ3) is 1.88. The number of rotatable bonds is 3. The predicted octanol–water partition coefficient (Wildman–Crippen LogP) is 1.74. The standard InChI is InChI=1S/C9H12N2/c1-10-7-8-5-3-4-6-9(8)11-2/h3-6,10H,2,7H2,1H3. The van der Waals surface area contributed by atoms with E-state index in [9.17, 15) is 0 Å². The van der Waals surface area contributed by atoms with Crippen LogP contribution in [-0.4, -0.2) is 13.8 Å². The fourth-order valence-electron chi connectivity index (χ4n) is 1.01. The third-order valence-corrected chi connectivity index (χ3v) is 1.53. The molecule has 0 heterocycles. The molecule has 0 fully saturated rings. The second-order valence-corrected chi connectivity index (χ2v) is 2.32. The second-order valence-electron chi connectivity index (χ2n) is 2.32. The van der Waals surface area contributed by atoms with Gasteiger partial charge >= 0.3 is 0 Å². The summed E-state index contributed by atoms with van der Waals surface area (Å²) in [5, 5.41) is 3.07. The highest BCUT2D eigenvalue weighted by atomic mass is 14.8. The van der Waals surface area contributed by atoms with Crippen molar-refractivity contribution in [2.45, 2.75) is 6.54 Å². The Balaban J connectivity index is 2.92. The first-order valence-corrected chi connectivity index (χ1v) is 3.57. The molecule has 1 N–H and O–H groups in total. The van der Waals surface area contributed by atoms with Gasteiger partial charge in [-0.25, -0.2) is 0 Å². The summed E-state index contributed by atoms with van der Waals surface area (Å²) in [6.07, 6.45) is 0. The number of hydrogen-bond acceptors (Lipinski definition) is 2. The monoisotopic (exact) mass is 148 g/mol. The van der Waals surface area contributed by atoms with E-state index in [0.717, 1.165) is 12.2 Å². The highest BCUT2D eigenvalue weighted by Crippen LogP contribution is 2.16. The Bertz CT molecular complexity index is 243. The molecule has 0 aliphatic heterocycles. The van der Waals surface area contributed by atoms with Gasteiger partial charge in [-0.05, 0) is 25.4 Å². The molecule has 0 aliphatic rings. The summed E-state index contributed by atoms with van der Waals surface area (Å²) < 4.78 is 0. The number of benzene rings is 1. The van der Waals surface area contributed by atoms with Crippen molar-refractivity contribution in [3.8, 4) is 0 Å². The van der Waals surface area contributed by atoms with E-state index in [1.165, 1.54) is 5.56 Å². The van der Waals surface area contributed by atoms with Crippen molar-refractivity contribution in [3.05, 3.63) is 29.8 Å². The minimum atomic E-state index is 0.842. The largest absolute Gasteiger partial charge is 0.316 e. The van der Waals surface area contributed by atoms with Gasteiger partial charge in [0.2, 0.25) is 0 Å². The van der Waals surface area contributed by atoms with E-state index in [-0.39, 0.29) is 0 Å². The van der Waals surface area contributed by atoms with Gasteiger partial charge in [-0.3, -0.25) is 4.99 Å². The Morgan fingerprint density at radius 2 is 2.18 bits per heavy atom. The lowest BCUT2D eigenvalue weighted by molar-refractivity contribution is 0.818. The van der Waals surface area contributed by atoms with E-state index in [1.54, 1.807) is 0 Å². The average Bonchev–Trinajstić information content (AvgIpc) is 2.06. The van der Waals surface area contributed by atoms with Gasteiger partial charge < -0.3 is 5.32 Å². The third-order valence-electron chi connectivity index (χ3n) is 1.53. The molecule has 0 bridgehead atoms. The van der Waals surface area contributed by atoms with Crippen molar-refractivity contribution < 1.29 is 0 Å². The minimum absolute atomic E-state index is 0.842. The lowest BCUT2D eigenvalue weighted by atomic mass is 10.2. The zero-order chi connectivity index (χ0) is 8.10. The number of para-hydroxylation sites is 1. The first-order valence-electron chi connectivity index (χ1n) is 3.57. The number of hydrogen-bond donors (Lipinski definition) is 1. The van der Waals surface area contributed by atoms with Crippen LogP contribution in [-0.2, 0) is 6.54 Å². The molecule has 0 saturated heterocycles. The molecule has 11 heavy (non-hydrogen) atoms. The quantitative estimate of drug-likeness (QED) is 0.649. The molecular weight excluding hydrogens is 136 g/mol. The Labute approximate surface area is 67.0 Å². The number of aliphatic imine (C=N–C) groups is 1. The van der Waals surface area contributed by atoms with Crippen molar-refractivity contribution in [2.24, 2.45) is 4.99 Å². The van der Waals surface area contributed by atoms with Crippen LogP contribution in [0.5, 0.6) is 0 Å². The van der Waals surface area contributed by atoms with Gasteiger partial charge in [0.05, 0.1) is 5.69 Å². The molecule has 1 rings (SSSR count). The summed E-state index contributed by atoms with van der Waals surface area (Å²) in [4.78, 5) is 3.90. The van der Waals surface area contributed by atoms with Crippen LogP contribution in [0.3, 0.4) is 0 Å². The molecule has 1 aromatic carbocycles. The van der Waals surface area contributed by atoms with Gasteiger partial charge in [-0.1, -0.05) is 18.2 Å². The van der Waals surface area contributed by atoms with E-state index in [0.29, 0.717) is 0 Å². The fourth-order valence-corrected chi connectivity index (χ4v) is 1.01. The van der Waals surface area contributed by atoms with E-state index >= 15 is 0 Å². The topological polar surface area (TPSA) is 24.4 Å². The van der Waals surface area contributed by atoms with Gasteiger partial charge in [0.25, 0.3) is 0 Å². The summed E-state index contributed by atoms with van der Waals surface area (Å²) >= 11 is 0. The van der Waals surface area contributed by atoms with Crippen LogP contribution < -0.4 is 5.32 Å². The molecule has 0 radical (unpaired) electrons. The lowest BCUT2D eigenvalue weighted by Gasteiger charge is -2.02. The van der Waals surface area contributed by atoms with Crippen LogP contribution in [0.2, 0.25) is 0 Å². The van der Waals surface area contributed by atoms with Crippen LogP contribution in [0.15, 0.2) is 29.3 Å². The van der Waals surface area contributed by atoms with E-state index in [2.05, 4.69) is 17.0 Å². The van der Waals surface area contributed by atoms with Gasteiger partial charge in [-0.15, -0.1) is 0 Å². The predicted molar refractivity (Wildman–Crippen MR) is 48.4 cm³/mol. The number of nitrogens with zero attached hydrogens (tertiary/aromatic N) is 1. The zero-order valence-electron chi connectivity index (χ0n) is 6.67. The summed E-state index contributed by atoms with van der Waals surface area (Å²) in [5.74, 6) is 0. The maximum Gasteiger partial charge on any atom is 0.0667 e. The molecule has 2 heteroatoms. The van der Waals surface area contributed by atoms with Crippen LogP contribution in [0, 0.1) is 0 Å². The summed E-state index contributed by atoms with van der Waals surface area (Å²) in [7, 11) is 1.92. The summed E-state index contributed by atoms with van der Waals surface area (Å²) in [6.45, 7) is 4.34. The molecule has 0 amide bonds. The maximum absolute atomic E-state index is 3.90. The van der Waals surface area contributed by atoms with Gasteiger partial charge in [0.15, 0.2) is 0 Å². The highest BCUT2D eigenvalue weighted by Gasteiger charge is 1.95. The molecule has 1 aromatic rings. The molecule has 0 saturated carbocycles. The first kappa shape index (κ1) is 7.95. The van der Waals surface area contributed by atoms with E-state index < -0.39 is 0 Å². The van der Waals surface area contributed by atoms with Crippen LogP contribution in [0.25, 0.3) is 0 Å². The van der Waals surface area contributed by atoms with Crippen LogP contribution >= 0.6 is 0 Å². The molecule has 0 spiro atoms. The summed E-state index contributed by atoms with van der Waals surface area (Å²) in [5.41, 5.74) is 2.15. The van der Waals surface area contributed by atoms with Crippen molar-refractivity contribution in [1.82, 2.24) is 5.32 Å². The van der Waals surface area contributed by atoms with Crippen molar-refractivity contribution >= 4 is 12.4 Å². The molecular formula is C9H12N2. The SMILES string of the molecule is C=Nc1ccccc1CNC. The second kappa shape index (κ2) is 3.88. The molecule has 0 aliphatic carbocycles. The normalized spacial score (nSPS) is 9.55. The fraction of sp³-hybridized carbons (Fsp3) is 0.222. The first-order chi connectivity index (χ1) is 5.38. The van der Waals surface area contributed by atoms with Gasteiger partial charge in [0.1, 0.15) is 0 Å². The van der Waals surface area contributed by atoms with E-state index in [1.807, 2.05) is 31.3 Å². The molecule has 2 nitrogen and oxygen atoms in total. The smallest absolute Gasteiger partial charge is 0.0667 e. The van der Waals surface area contributed by atoms with E-state index in [4.69, 9.17) is 0 Å². The Morgan fingerprint density at radius 1 is 1.45 bits per heavy atom. The number of nitrogens with one attached hydrogen (secondary N) is 1. The minimum Gasteiger partial charge on any atom is -0.316 e. The molecule has 0 aromatic heterocycles. The van der Waals surface area contributed by atoms with Crippen molar-refractivity contribution in [2.75, 3.05) is 7.05 Å². The summed E-state index contributed by atoms with van der Waals surface area (Å²) in [6, 6.07) is 7.96. The zero-order valence-corrected chi connectivity index (χ0v) is 6.67. The Kier molecular flexibility index (Phi) is 2.81. The molecule has 58 valence electrons. The average molecular weight is 148 g/mol. The van der Waals surface area contributed by atoms with Crippen molar-refractivity contribution in [1.29, 1.82) is 0 Å². The lowest BCUT2D eigenvalue weighted by Crippen LogP contribution is -2.04. The Hall–Kier alpha value is -1.15. The van der Waals surface area contributed by atoms with Crippen LogP contribution in [0.1, 0.15) is 5.56 Å². The maximum atomic E-state index is 3.90. The molecule has 0 atom stereocenters. The highest BCUT2D eigenvalue weighted by molar-refractivity contribution is 5.51.